The Morgan fingerprint density at radius 3 is 2.50 bits per heavy atom. The maximum Gasteiger partial charge on any atom is 0.118 e. The first kappa shape index (κ1) is 5.24. The maximum absolute atomic E-state index is 5.41. The minimum absolute atomic E-state index is 0.601. The van der Waals surface area contributed by atoms with Crippen LogP contribution in [-0.2, 0) is 0 Å². The maximum atomic E-state index is 5.41. The zero-order valence-electron chi connectivity index (χ0n) is 4.57. The second kappa shape index (κ2) is 1.92. The van der Waals surface area contributed by atoms with Gasteiger partial charge in [-0.25, -0.2) is 0 Å². The summed E-state index contributed by atoms with van der Waals surface area (Å²) in [4.78, 5) is 0. The number of nitrogens with two attached hydrogens (primary N) is 2. The molecule has 0 spiro atoms. The van der Waals surface area contributed by atoms with Gasteiger partial charge in [0.05, 0.1) is 12.4 Å². The van der Waals surface area contributed by atoms with Crippen LogP contribution in [0.5, 0.6) is 0 Å². The Bertz CT molecular complexity index is 103. The van der Waals surface area contributed by atoms with Gasteiger partial charge in [-0.3, -0.25) is 5.32 Å². The van der Waals surface area contributed by atoms with E-state index < -0.39 is 0 Å². The molecule has 0 atom stereocenters. The topological polar surface area (TPSA) is 76.1 Å². The fourth-order valence-corrected chi connectivity index (χ4v) is 0.564. The SMILES string of the molecule is NC1=C(N)NCNC1. The average Bonchev–Trinajstić information content (AvgIpc) is 1.77. The van der Waals surface area contributed by atoms with Gasteiger partial charge in [-0.2, -0.15) is 0 Å². The number of rotatable bonds is 0. The highest BCUT2D eigenvalue weighted by atomic mass is 15.2. The lowest BCUT2D eigenvalue weighted by atomic mass is 10.4. The van der Waals surface area contributed by atoms with E-state index in [1.807, 2.05) is 0 Å². The predicted octanol–water partition coefficient (Wildman–Crippen LogP) is -1.78. The van der Waals surface area contributed by atoms with Crippen LogP contribution in [0.1, 0.15) is 0 Å². The summed E-state index contributed by atoms with van der Waals surface area (Å²) >= 11 is 0. The molecule has 0 amide bonds. The zero-order valence-corrected chi connectivity index (χ0v) is 4.57. The van der Waals surface area contributed by atoms with Gasteiger partial charge in [-0.15, -0.1) is 0 Å². The van der Waals surface area contributed by atoms with E-state index in [0.717, 1.165) is 0 Å². The molecule has 1 heterocycles. The van der Waals surface area contributed by atoms with Gasteiger partial charge in [0, 0.05) is 6.54 Å². The molecule has 8 heavy (non-hydrogen) atoms. The Labute approximate surface area is 47.9 Å². The summed E-state index contributed by atoms with van der Waals surface area (Å²) in [5, 5.41) is 5.84. The number of hydrogen-bond donors (Lipinski definition) is 4. The van der Waals surface area contributed by atoms with Gasteiger partial charge < -0.3 is 16.8 Å². The van der Waals surface area contributed by atoms with E-state index in [0.29, 0.717) is 24.7 Å². The Hall–Kier alpha value is -0.900. The van der Waals surface area contributed by atoms with Crippen LogP contribution in [0.15, 0.2) is 11.5 Å². The summed E-state index contributed by atoms with van der Waals surface area (Å²) in [6.07, 6.45) is 0. The van der Waals surface area contributed by atoms with Crippen LogP contribution < -0.4 is 22.1 Å². The molecule has 1 rings (SSSR count). The molecule has 1 aliphatic rings. The van der Waals surface area contributed by atoms with Crippen LogP contribution in [0.2, 0.25) is 0 Å². The van der Waals surface area contributed by atoms with Gasteiger partial charge in [0.15, 0.2) is 0 Å². The largest absolute Gasteiger partial charge is 0.398 e. The third-order valence-corrected chi connectivity index (χ3v) is 1.07. The van der Waals surface area contributed by atoms with E-state index in [-0.39, 0.29) is 0 Å². The van der Waals surface area contributed by atoms with Crippen molar-refractivity contribution in [1.29, 1.82) is 0 Å². The molecule has 0 radical (unpaired) electrons. The highest BCUT2D eigenvalue weighted by Crippen LogP contribution is 1.87. The van der Waals surface area contributed by atoms with Crippen molar-refractivity contribution in [2.75, 3.05) is 13.2 Å². The van der Waals surface area contributed by atoms with Crippen molar-refractivity contribution < 1.29 is 0 Å². The Kier molecular flexibility index (Phi) is 1.26. The molecule has 0 bridgehead atoms. The van der Waals surface area contributed by atoms with Crippen molar-refractivity contribution >= 4 is 0 Å². The molecule has 0 saturated heterocycles. The van der Waals surface area contributed by atoms with Crippen molar-refractivity contribution in [2.24, 2.45) is 11.5 Å². The van der Waals surface area contributed by atoms with Gasteiger partial charge in [0.2, 0.25) is 0 Å². The molecule has 0 aromatic rings. The van der Waals surface area contributed by atoms with Crippen molar-refractivity contribution in [3.05, 3.63) is 11.5 Å². The molecule has 6 N–H and O–H groups in total. The molecule has 0 aliphatic carbocycles. The summed E-state index contributed by atoms with van der Waals surface area (Å²) in [6.45, 7) is 1.41. The van der Waals surface area contributed by atoms with Crippen molar-refractivity contribution in [2.45, 2.75) is 0 Å². The van der Waals surface area contributed by atoms with Crippen LogP contribution in [-0.4, -0.2) is 13.2 Å². The van der Waals surface area contributed by atoms with Crippen LogP contribution in [0.25, 0.3) is 0 Å². The van der Waals surface area contributed by atoms with E-state index in [4.69, 9.17) is 11.5 Å². The lowest BCUT2D eigenvalue weighted by molar-refractivity contribution is 0.606. The standard InChI is InChI=1S/C4H10N4/c5-3-1-7-2-8-4(3)6/h7-8H,1-2,5-6H2. The molecule has 4 nitrogen and oxygen atoms in total. The third-order valence-electron chi connectivity index (χ3n) is 1.07. The number of nitrogens with one attached hydrogen (secondary N) is 2. The number of hydrogen-bond acceptors (Lipinski definition) is 4. The van der Waals surface area contributed by atoms with E-state index >= 15 is 0 Å². The first-order chi connectivity index (χ1) is 3.80. The smallest absolute Gasteiger partial charge is 0.118 e. The summed E-state index contributed by atoms with van der Waals surface area (Å²) in [6, 6.07) is 0. The first-order valence-electron chi connectivity index (χ1n) is 2.49. The van der Waals surface area contributed by atoms with Crippen LogP contribution in [0.3, 0.4) is 0 Å². The summed E-state index contributed by atoms with van der Waals surface area (Å²) < 4.78 is 0. The average molecular weight is 114 g/mol. The van der Waals surface area contributed by atoms with Crippen LogP contribution >= 0.6 is 0 Å². The summed E-state index contributed by atoms with van der Waals surface area (Å²) in [5.74, 6) is 0.601. The Morgan fingerprint density at radius 2 is 2.12 bits per heavy atom. The Morgan fingerprint density at radius 1 is 1.38 bits per heavy atom. The fraction of sp³-hybridized carbons (Fsp3) is 0.500. The lowest BCUT2D eigenvalue weighted by Crippen LogP contribution is -2.41. The highest BCUT2D eigenvalue weighted by Gasteiger charge is 2.01. The molecular weight excluding hydrogens is 104 g/mol. The molecule has 1 aliphatic heterocycles. The van der Waals surface area contributed by atoms with E-state index in [2.05, 4.69) is 10.6 Å². The molecule has 0 fully saturated rings. The third kappa shape index (κ3) is 0.840. The lowest BCUT2D eigenvalue weighted by Gasteiger charge is -2.16. The zero-order chi connectivity index (χ0) is 5.98. The minimum Gasteiger partial charge on any atom is -0.398 e. The van der Waals surface area contributed by atoms with E-state index in [1.54, 1.807) is 0 Å². The normalized spacial score (nSPS) is 20.5. The fourth-order valence-electron chi connectivity index (χ4n) is 0.564. The molecular formula is C4H10N4. The second-order valence-corrected chi connectivity index (χ2v) is 1.72. The first-order valence-corrected chi connectivity index (χ1v) is 2.49. The van der Waals surface area contributed by atoms with Crippen molar-refractivity contribution in [3.8, 4) is 0 Å². The van der Waals surface area contributed by atoms with Gasteiger partial charge in [0.25, 0.3) is 0 Å². The van der Waals surface area contributed by atoms with Crippen LogP contribution in [0.4, 0.5) is 0 Å². The van der Waals surface area contributed by atoms with Gasteiger partial charge in [0.1, 0.15) is 5.82 Å². The van der Waals surface area contributed by atoms with Gasteiger partial charge in [-0.05, 0) is 0 Å². The molecule has 0 unspecified atom stereocenters. The van der Waals surface area contributed by atoms with Crippen LogP contribution in [0, 0.1) is 0 Å². The highest BCUT2D eigenvalue weighted by molar-refractivity contribution is 5.09. The minimum atomic E-state index is 0.601. The summed E-state index contributed by atoms with van der Waals surface area (Å²) in [7, 11) is 0. The molecule has 4 heteroatoms. The quantitative estimate of drug-likeness (QED) is 0.300. The second-order valence-electron chi connectivity index (χ2n) is 1.72. The molecule has 0 saturated carbocycles. The van der Waals surface area contributed by atoms with Gasteiger partial charge in [-0.1, -0.05) is 0 Å². The summed E-state index contributed by atoms with van der Waals surface area (Å²) in [5.41, 5.74) is 11.5. The predicted molar refractivity (Wildman–Crippen MR) is 31.4 cm³/mol. The van der Waals surface area contributed by atoms with Crippen molar-refractivity contribution in [1.82, 2.24) is 10.6 Å². The van der Waals surface area contributed by atoms with Gasteiger partial charge >= 0.3 is 0 Å². The molecule has 0 aromatic heterocycles. The molecule has 0 aromatic carbocycles. The Balaban J connectivity index is 2.60. The molecule has 46 valence electrons. The van der Waals surface area contributed by atoms with E-state index in [9.17, 15) is 0 Å². The van der Waals surface area contributed by atoms with Crippen molar-refractivity contribution in [3.63, 3.8) is 0 Å². The van der Waals surface area contributed by atoms with E-state index in [1.165, 1.54) is 0 Å². The monoisotopic (exact) mass is 114 g/mol.